The Morgan fingerprint density at radius 2 is 0.769 bits per heavy atom. The number of benzene rings is 4. The predicted octanol–water partition coefficient (Wildman–Crippen LogP) is 5.85. The third kappa shape index (κ3) is 3.05. The van der Waals surface area contributed by atoms with E-state index in [9.17, 15) is 0 Å². The minimum Gasteiger partial charge on any atom is -0.398 e. The van der Waals surface area contributed by atoms with Gasteiger partial charge in [-0.15, -0.1) is 0 Å². The molecule has 0 fully saturated rings. The molecular weight excluding hydrogens is 316 g/mol. The standard InChI is InChI=1S/C24H20N2/c25-23-15-19(17-7-3-1-4-8-17)11-13-21(23)22-14-12-20(16-24(22)26)18-9-5-2-6-10-18/h1-16H,25-26H2. The third-order valence-electron chi connectivity index (χ3n) is 4.61. The van der Waals surface area contributed by atoms with Gasteiger partial charge in [-0.3, -0.25) is 0 Å². The van der Waals surface area contributed by atoms with E-state index < -0.39 is 0 Å². The van der Waals surface area contributed by atoms with E-state index in [-0.39, 0.29) is 0 Å². The SMILES string of the molecule is Nc1cc(-c2ccccc2)ccc1-c1ccc(-c2ccccc2)cc1N. The van der Waals surface area contributed by atoms with Gasteiger partial charge in [0.1, 0.15) is 0 Å². The van der Waals surface area contributed by atoms with Crippen molar-refractivity contribution in [3.05, 3.63) is 97.1 Å². The average molecular weight is 336 g/mol. The van der Waals surface area contributed by atoms with E-state index in [0.717, 1.165) is 44.8 Å². The van der Waals surface area contributed by atoms with Crippen molar-refractivity contribution < 1.29 is 0 Å². The van der Waals surface area contributed by atoms with Crippen molar-refractivity contribution in [2.75, 3.05) is 11.5 Å². The van der Waals surface area contributed by atoms with Crippen LogP contribution in [0, 0.1) is 0 Å². The molecule has 4 rings (SSSR count). The fourth-order valence-corrected chi connectivity index (χ4v) is 3.24. The van der Waals surface area contributed by atoms with Crippen LogP contribution in [-0.4, -0.2) is 0 Å². The molecule has 0 spiro atoms. The van der Waals surface area contributed by atoms with Gasteiger partial charge in [-0.05, 0) is 34.4 Å². The molecule has 0 unspecified atom stereocenters. The van der Waals surface area contributed by atoms with E-state index in [4.69, 9.17) is 11.5 Å². The molecule has 0 aliphatic carbocycles. The highest BCUT2D eigenvalue weighted by atomic mass is 14.6. The Kier molecular flexibility index (Phi) is 4.16. The van der Waals surface area contributed by atoms with Crippen LogP contribution in [0.1, 0.15) is 0 Å². The average Bonchev–Trinajstić information content (AvgIpc) is 2.69. The van der Waals surface area contributed by atoms with E-state index >= 15 is 0 Å². The van der Waals surface area contributed by atoms with Crippen molar-refractivity contribution in [3.63, 3.8) is 0 Å². The number of hydrogen-bond acceptors (Lipinski definition) is 2. The number of anilines is 2. The minimum absolute atomic E-state index is 0.727. The van der Waals surface area contributed by atoms with Crippen LogP contribution in [0.3, 0.4) is 0 Å². The molecule has 2 heteroatoms. The van der Waals surface area contributed by atoms with Crippen LogP contribution in [0.4, 0.5) is 11.4 Å². The second-order valence-electron chi connectivity index (χ2n) is 6.34. The largest absolute Gasteiger partial charge is 0.398 e. The molecular formula is C24H20N2. The molecule has 0 aromatic heterocycles. The van der Waals surface area contributed by atoms with Crippen molar-refractivity contribution in [2.24, 2.45) is 0 Å². The maximum Gasteiger partial charge on any atom is 0.0400 e. The summed E-state index contributed by atoms with van der Waals surface area (Å²) in [5.41, 5.74) is 20.6. The molecule has 0 atom stereocenters. The van der Waals surface area contributed by atoms with Gasteiger partial charge in [0.2, 0.25) is 0 Å². The van der Waals surface area contributed by atoms with Crippen LogP contribution >= 0.6 is 0 Å². The first-order valence-corrected chi connectivity index (χ1v) is 8.62. The highest BCUT2D eigenvalue weighted by molar-refractivity contribution is 5.88. The maximum absolute atomic E-state index is 6.35. The summed E-state index contributed by atoms with van der Waals surface area (Å²) in [5.74, 6) is 0. The summed E-state index contributed by atoms with van der Waals surface area (Å²) in [4.78, 5) is 0. The molecule has 4 aromatic carbocycles. The Hall–Kier alpha value is -3.52. The molecule has 0 bridgehead atoms. The summed E-state index contributed by atoms with van der Waals surface area (Å²) in [6, 6.07) is 32.7. The normalized spacial score (nSPS) is 10.6. The Morgan fingerprint density at radius 1 is 0.385 bits per heavy atom. The van der Waals surface area contributed by atoms with Crippen LogP contribution < -0.4 is 11.5 Å². The summed E-state index contributed by atoms with van der Waals surface area (Å²) < 4.78 is 0. The minimum atomic E-state index is 0.727. The lowest BCUT2D eigenvalue weighted by Gasteiger charge is -2.13. The maximum atomic E-state index is 6.35. The number of nitrogen functional groups attached to an aromatic ring is 2. The molecule has 4 N–H and O–H groups in total. The molecule has 26 heavy (non-hydrogen) atoms. The number of hydrogen-bond donors (Lipinski definition) is 2. The van der Waals surface area contributed by atoms with E-state index in [0.29, 0.717) is 0 Å². The first-order chi connectivity index (χ1) is 12.7. The summed E-state index contributed by atoms with van der Waals surface area (Å²) in [6.07, 6.45) is 0. The van der Waals surface area contributed by atoms with Crippen LogP contribution in [0.2, 0.25) is 0 Å². The molecule has 0 amide bonds. The van der Waals surface area contributed by atoms with Gasteiger partial charge < -0.3 is 11.5 Å². The Labute approximate surface area is 153 Å². The Bertz CT molecular complexity index is 951. The summed E-state index contributed by atoms with van der Waals surface area (Å²) in [6.45, 7) is 0. The fourth-order valence-electron chi connectivity index (χ4n) is 3.24. The van der Waals surface area contributed by atoms with Gasteiger partial charge in [-0.2, -0.15) is 0 Å². The quantitative estimate of drug-likeness (QED) is 0.461. The summed E-state index contributed by atoms with van der Waals surface area (Å²) >= 11 is 0. The van der Waals surface area contributed by atoms with Gasteiger partial charge in [-0.1, -0.05) is 84.9 Å². The second-order valence-corrected chi connectivity index (χ2v) is 6.34. The van der Waals surface area contributed by atoms with Crippen molar-refractivity contribution >= 4 is 11.4 Å². The van der Waals surface area contributed by atoms with Gasteiger partial charge in [0.25, 0.3) is 0 Å². The second kappa shape index (κ2) is 6.77. The van der Waals surface area contributed by atoms with Crippen molar-refractivity contribution in [3.8, 4) is 33.4 Å². The molecule has 0 aliphatic heterocycles. The van der Waals surface area contributed by atoms with Gasteiger partial charge in [-0.25, -0.2) is 0 Å². The molecule has 0 saturated carbocycles. The summed E-state index contributed by atoms with van der Waals surface area (Å²) in [5, 5.41) is 0. The van der Waals surface area contributed by atoms with E-state index in [1.54, 1.807) is 0 Å². The molecule has 0 heterocycles. The fraction of sp³-hybridized carbons (Fsp3) is 0. The molecule has 4 aromatic rings. The third-order valence-corrected chi connectivity index (χ3v) is 4.61. The molecule has 0 radical (unpaired) electrons. The number of nitrogens with two attached hydrogens (primary N) is 2. The monoisotopic (exact) mass is 336 g/mol. The van der Waals surface area contributed by atoms with Crippen LogP contribution in [-0.2, 0) is 0 Å². The lowest BCUT2D eigenvalue weighted by molar-refractivity contribution is 1.57. The molecule has 0 saturated heterocycles. The van der Waals surface area contributed by atoms with Crippen LogP contribution in [0.25, 0.3) is 33.4 Å². The number of rotatable bonds is 3. The van der Waals surface area contributed by atoms with Crippen molar-refractivity contribution in [2.45, 2.75) is 0 Å². The predicted molar refractivity (Wildman–Crippen MR) is 112 cm³/mol. The highest BCUT2D eigenvalue weighted by Gasteiger charge is 2.09. The van der Waals surface area contributed by atoms with Gasteiger partial charge >= 0.3 is 0 Å². The van der Waals surface area contributed by atoms with Crippen LogP contribution in [0.15, 0.2) is 97.1 Å². The molecule has 0 aliphatic rings. The van der Waals surface area contributed by atoms with E-state index in [2.05, 4.69) is 36.4 Å². The lowest BCUT2D eigenvalue weighted by atomic mass is 9.95. The molecule has 126 valence electrons. The lowest BCUT2D eigenvalue weighted by Crippen LogP contribution is -1.96. The van der Waals surface area contributed by atoms with Crippen LogP contribution in [0.5, 0.6) is 0 Å². The Morgan fingerprint density at radius 3 is 1.12 bits per heavy atom. The first kappa shape index (κ1) is 16.0. The van der Waals surface area contributed by atoms with Gasteiger partial charge in [0, 0.05) is 22.5 Å². The van der Waals surface area contributed by atoms with E-state index in [1.807, 2.05) is 60.7 Å². The summed E-state index contributed by atoms with van der Waals surface area (Å²) in [7, 11) is 0. The zero-order chi connectivity index (χ0) is 17.9. The van der Waals surface area contributed by atoms with Gasteiger partial charge in [0.15, 0.2) is 0 Å². The topological polar surface area (TPSA) is 52.0 Å². The van der Waals surface area contributed by atoms with E-state index in [1.165, 1.54) is 0 Å². The smallest absolute Gasteiger partial charge is 0.0400 e. The van der Waals surface area contributed by atoms with Crippen molar-refractivity contribution in [1.29, 1.82) is 0 Å². The first-order valence-electron chi connectivity index (χ1n) is 8.62. The zero-order valence-corrected chi connectivity index (χ0v) is 14.4. The van der Waals surface area contributed by atoms with Crippen molar-refractivity contribution in [1.82, 2.24) is 0 Å². The van der Waals surface area contributed by atoms with Gasteiger partial charge in [0.05, 0.1) is 0 Å². The molecule has 2 nitrogen and oxygen atoms in total. The Balaban J connectivity index is 1.72. The highest BCUT2D eigenvalue weighted by Crippen LogP contribution is 2.35. The zero-order valence-electron chi connectivity index (χ0n) is 14.4.